The highest BCUT2D eigenvalue weighted by Gasteiger charge is 2.11. The smallest absolute Gasteiger partial charge is 0.270 e. The third-order valence-electron chi connectivity index (χ3n) is 4.33. The molecule has 4 nitrogen and oxygen atoms in total. The van der Waals surface area contributed by atoms with E-state index in [9.17, 15) is 14.5 Å². The highest BCUT2D eigenvalue weighted by Crippen LogP contribution is 2.27. The van der Waals surface area contributed by atoms with E-state index in [1.807, 2.05) is 43.3 Å². The van der Waals surface area contributed by atoms with Gasteiger partial charge in [-0.05, 0) is 41.3 Å². The lowest BCUT2D eigenvalue weighted by molar-refractivity contribution is -0.384. The van der Waals surface area contributed by atoms with Gasteiger partial charge in [0.25, 0.3) is 5.69 Å². The number of nitro groups is 1. The standard InChI is InChI=1S/C21H19FN2O2/c1-15(16-7-4-9-19(22)12-16)23-14-18-6-2-3-11-21(18)17-8-5-10-20(13-17)24(25)26/h2-13,15,23H,14H2,1H3/t15-/m1/s1. The number of nitro benzene ring substituents is 1. The maximum absolute atomic E-state index is 13.4. The van der Waals surface area contributed by atoms with Gasteiger partial charge in [0.1, 0.15) is 5.82 Å². The van der Waals surface area contributed by atoms with E-state index < -0.39 is 4.92 Å². The summed E-state index contributed by atoms with van der Waals surface area (Å²) in [6.07, 6.45) is 0. The van der Waals surface area contributed by atoms with Gasteiger partial charge >= 0.3 is 0 Å². The molecule has 1 atom stereocenters. The van der Waals surface area contributed by atoms with Gasteiger partial charge in [-0.15, -0.1) is 0 Å². The van der Waals surface area contributed by atoms with Gasteiger partial charge in [-0.1, -0.05) is 48.5 Å². The Kier molecular flexibility index (Phi) is 5.39. The number of hydrogen-bond acceptors (Lipinski definition) is 3. The lowest BCUT2D eigenvalue weighted by Crippen LogP contribution is -2.18. The zero-order valence-corrected chi connectivity index (χ0v) is 14.4. The molecule has 0 spiro atoms. The van der Waals surface area contributed by atoms with Crippen LogP contribution < -0.4 is 5.32 Å². The Morgan fingerprint density at radius 1 is 1.04 bits per heavy atom. The van der Waals surface area contributed by atoms with E-state index in [-0.39, 0.29) is 17.5 Å². The molecule has 0 saturated carbocycles. The summed E-state index contributed by atoms with van der Waals surface area (Å²) >= 11 is 0. The van der Waals surface area contributed by atoms with Gasteiger partial charge < -0.3 is 5.32 Å². The normalized spacial score (nSPS) is 11.9. The first kappa shape index (κ1) is 17.8. The Morgan fingerprint density at radius 3 is 2.58 bits per heavy atom. The van der Waals surface area contributed by atoms with E-state index >= 15 is 0 Å². The summed E-state index contributed by atoms with van der Waals surface area (Å²) in [4.78, 5) is 10.6. The van der Waals surface area contributed by atoms with Crippen LogP contribution in [-0.4, -0.2) is 4.92 Å². The Labute approximate surface area is 151 Å². The second kappa shape index (κ2) is 7.89. The van der Waals surface area contributed by atoms with E-state index in [1.54, 1.807) is 18.2 Å². The van der Waals surface area contributed by atoms with Gasteiger partial charge in [0.2, 0.25) is 0 Å². The summed E-state index contributed by atoms with van der Waals surface area (Å²) in [5.74, 6) is -0.256. The first-order valence-corrected chi connectivity index (χ1v) is 8.36. The molecule has 0 heterocycles. The lowest BCUT2D eigenvalue weighted by atomic mass is 9.98. The second-order valence-corrected chi connectivity index (χ2v) is 6.12. The fourth-order valence-corrected chi connectivity index (χ4v) is 2.90. The van der Waals surface area contributed by atoms with E-state index in [0.717, 1.165) is 22.3 Å². The monoisotopic (exact) mass is 350 g/mol. The Balaban J connectivity index is 1.81. The molecule has 132 valence electrons. The van der Waals surface area contributed by atoms with Crippen LogP contribution in [0.4, 0.5) is 10.1 Å². The zero-order valence-electron chi connectivity index (χ0n) is 14.4. The number of benzene rings is 3. The van der Waals surface area contributed by atoms with Gasteiger partial charge in [0.15, 0.2) is 0 Å². The van der Waals surface area contributed by atoms with E-state index in [0.29, 0.717) is 6.54 Å². The number of halogens is 1. The molecule has 0 bridgehead atoms. The highest BCUT2D eigenvalue weighted by atomic mass is 19.1. The topological polar surface area (TPSA) is 55.2 Å². The summed E-state index contributed by atoms with van der Waals surface area (Å²) in [6.45, 7) is 2.54. The van der Waals surface area contributed by atoms with Gasteiger partial charge in [-0.3, -0.25) is 10.1 Å². The van der Waals surface area contributed by atoms with Crippen molar-refractivity contribution in [1.82, 2.24) is 5.32 Å². The van der Waals surface area contributed by atoms with Gasteiger partial charge in [-0.25, -0.2) is 4.39 Å². The molecule has 5 heteroatoms. The SMILES string of the molecule is C[C@@H](NCc1ccccc1-c1cccc([N+](=O)[O-])c1)c1cccc(F)c1. The van der Waals surface area contributed by atoms with Crippen molar-refractivity contribution in [2.75, 3.05) is 0 Å². The molecule has 3 aromatic rings. The average Bonchev–Trinajstić information content (AvgIpc) is 2.66. The van der Waals surface area contributed by atoms with Crippen LogP contribution >= 0.6 is 0 Å². The minimum Gasteiger partial charge on any atom is -0.306 e. The summed E-state index contributed by atoms with van der Waals surface area (Å²) in [5.41, 5.74) is 3.71. The fourth-order valence-electron chi connectivity index (χ4n) is 2.90. The van der Waals surface area contributed by atoms with Gasteiger partial charge in [0.05, 0.1) is 4.92 Å². The zero-order chi connectivity index (χ0) is 18.5. The van der Waals surface area contributed by atoms with Crippen LogP contribution in [0.3, 0.4) is 0 Å². The maximum atomic E-state index is 13.4. The van der Waals surface area contributed by atoms with Gasteiger partial charge in [-0.2, -0.15) is 0 Å². The van der Waals surface area contributed by atoms with Crippen LogP contribution in [0.15, 0.2) is 72.8 Å². The van der Waals surface area contributed by atoms with Crippen molar-refractivity contribution in [2.45, 2.75) is 19.5 Å². The highest BCUT2D eigenvalue weighted by molar-refractivity contribution is 5.69. The van der Waals surface area contributed by atoms with Crippen LogP contribution in [0.25, 0.3) is 11.1 Å². The number of rotatable bonds is 6. The molecular weight excluding hydrogens is 331 g/mol. The molecule has 0 fully saturated rings. The van der Waals surface area contributed by atoms with Crippen molar-refractivity contribution in [3.05, 3.63) is 99.9 Å². The minimum absolute atomic E-state index is 0.0242. The largest absolute Gasteiger partial charge is 0.306 e. The fraction of sp³-hybridized carbons (Fsp3) is 0.143. The van der Waals surface area contributed by atoms with E-state index in [4.69, 9.17) is 0 Å². The average molecular weight is 350 g/mol. The molecule has 0 saturated heterocycles. The van der Waals surface area contributed by atoms with Crippen molar-refractivity contribution in [1.29, 1.82) is 0 Å². The van der Waals surface area contributed by atoms with Crippen LogP contribution in [0.2, 0.25) is 0 Å². The molecule has 0 aliphatic carbocycles. The maximum Gasteiger partial charge on any atom is 0.270 e. The summed E-state index contributed by atoms with van der Waals surface area (Å²) < 4.78 is 13.4. The first-order chi connectivity index (χ1) is 12.5. The van der Waals surface area contributed by atoms with Gasteiger partial charge in [0, 0.05) is 24.7 Å². The minimum atomic E-state index is -0.392. The Hall–Kier alpha value is -3.05. The van der Waals surface area contributed by atoms with Crippen molar-refractivity contribution in [2.24, 2.45) is 0 Å². The Bertz CT molecular complexity index is 927. The third kappa shape index (κ3) is 4.13. The molecule has 3 rings (SSSR count). The number of nitrogens with zero attached hydrogens (tertiary/aromatic N) is 1. The van der Waals surface area contributed by atoms with Crippen LogP contribution in [-0.2, 0) is 6.54 Å². The van der Waals surface area contributed by atoms with E-state index in [1.165, 1.54) is 18.2 Å². The summed E-state index contributed by atoms with van der Waals surface area (Å²) in [7, 11) is 0. The molecule has 0 amide bonds. The van der Waals surface area contributed by atoms with Crippen LogP contribution in [0.5, 0.6) is 0 Å². The number of non-ortho nitro benzene ring substituents is 1. The van der Waals surface area contributed by atoms with Crippen molar-refractivity contribution in [3.63, 3.8) is 0 Å². The first-order valence-electron chi connectivity index (χ1n) is 8.36. The molecule has 3 aromatic carbocycles. The number of nitrogens with one attached hydrogen (secondary N) is 1. The molecule has 26 heavy (non-hydrogen) atoms. The molecule has 0 aliphatic rings. The second-order valence-electron chi connectivity index (χ2n) is 6.12. The van der Waals surface area contributed by atoms with Crippen molar-refractivity contribution < 1.29 is 9.31 Å². The summed E-state index contributed by atoms with van der Waals surface area (Å²) in [5, 5.41) is 14.4. The lowest BCUT2D eigenvalue weighted by Gasteiger charge is -2.16. The van der Waals surface area contributed by atoms with Crippen LogP contribution in [0, 0.1) is 15.9 Å². The van der Waals surface area contributed by atoms with Crippen LogP contribution in [0.1, 0.15) is 24.1 Å². The molecule has 0 radical (unpaired) electrons. The molecule has 1 N–H and O–H groups in total. The van der Waals surface area contributed by atoms with Crippen molar-refractivity contribution >= 4 is 5.69 Å². The molecule has 0 aliphatic heterocycles. The Morgan fingerprint density at radius 2 is 1.81 bits per heavy atom. The number of hydrogen-bond donors (Lipinski definition) is 1. The van der Waals surface area contributed by atoms with E-state index in [2.05, 4.69) is 5.32 Å². The predicted molar refractivity (Wildman–Crippen MR) is 100 cm³/mol. The molecule has 0 aromatic heterocycles. The molecular formula is C21H19FN2O2. The quantitative estimate of drug-likeness (QED) is 0.488. The molecule has 0 unspecified atom stereocenters. The van der Waals surface area contributed by atoms with Crippen molar-refractivity contribution in [3.8, 4) is 11.1 Å². The third-order valence-corrected chi connectivity index (χ3v) is 4.33. The predicted octanol–water partition coefficient (Wildman–Crippen LogP) is 5.25. The summed E-state index contributed by atoms with van der Waals surface area (Å²) in [6, 6.07) is 20.9.